The van der Waals surface area contributed by atoms with Gasteiger partial charge in [0.05, 0.1) is 11.6 Å². The minimum absolute atomic E-state index is 0.000565. The molecule has 0 radical (unpaired) electrons. The largest absolute Gasteiger partial charge is 0.349 e. The number of amides is 1. The SMILES string of the molecule is CCNC(=O)c1noc(-c2ccc(C#N)cc2C)n1. The summed E-state index contributed by atoms with van der Waals surface area (Å²) in [6, 6.07) is 7.17. The first-order valence-electron chi connectivity index (χ1n) is 5.78. The van der Waals surface area contributed by atoms with E-state index >= 15 is 0 Å². The van der Waals surface area contributed by atoms with Crippen LogP contribution in [0.5, 0.6) is 0 Å². The monoisotopic (exact) mass is 256 g/mol. The number of hydrogen-bond acceptors (Lipinski definition) is 5. The number of carbonyl (C=O) groups is 1. The number of nitrogens with zero attached hydrogens (tertiary/aromatic N) is 3. The molecule has 0 aliphatic heterocycles. The molecule has 19 heavy (non-hydrogen) atoms. The van der Waals surface area contributed by atoms with Gasteiger partial charge in [-0.1, -0.05) is 5.16 Å². The number of carbonyl (C=O) groups excluding carboxylic acids is 1. The summed E-state index contributed by atoms with van der Waals surface area (Å²) >= 11 is 0. The molecule has 0 bridgehead atoms. The van der Waals surface area contributed by atoms with Crippen LogP contribution >= 0.6 is 0 Å². The van der Waals surface area contributed by atoms with Crippen LogP contribution < -0.4 is 5.32 Å². The van der Waals surface area contributed by atoms with Crippen LogP contribution in [-0.4, -0.2) is 22.6 Å². The van der Waals surface area contributed by atoms with Crippen LogP contribution in [0.2, 0.25) is 0 Å². The van der Waals surface area contributed by atoms with E-state index in [0.29, 0.717) is 17.7 Å². The first-order chi connectivity index (χ1) is 9.15. The van der Waals surface area contributed by atoms with E-state index < -0.39 is 0 Å². The minimum atomic E-state index is -0.371. The van der Waals surface area contributed by atoms with Gasteiger partial charge in [-0.2, -0.15) is 10.2 Å². The molecule has 1 amide bonds. The lowest BCUT2D eigenvalue weighted by Gasteiger charge is -2.00. The number of nitrogens with one attached hydrogen (secondary N) is 1. The summed E-state index contributed by atoms with van der Waals surface area (Å²) in [6.07, 6.45) is 0. The maximum atomic E-state index is 11.5. The van der Waals surface area contributed by atoms with Gasteiger partial charge in [0.1, 0.15) is 0 Å². The molecule has 0 aliphatic rings. The van der Waals surface area contributed by atoms with Gasteiger partial charge in [0, 0.05) is 12.1 Å². The van der Waals surface area contributed by atoms with E-state index in [2.05, 4.69) is 21.5 Å². The summed E-state index contributed by atoms with van der Waals surface area (Å²) in [7, 11) is 0. The highest BCUT2D eigenvalue weighted by Gasteiger charge is 2.16. The number of nitriles is 1. The van der Waals surface area contributed by atoms with Crippen molar-refractivity contribution in [3.8, 4) is 17.5 Å². The van der Waals surface area contributed by atoms with Gasteiger partial charge in [-0.25, -0.2) is 0 Å². The third-order valence-electron chi connectivity index (χ3n) is 2.55. The Morgan fingerprint density at radius 1 is 1.53 bits per heavy atom. The van der Waals surface area contributed by atoms with Crippen LogP contribution in [0.25, 0.3) is 11.5 Å². The molecule has 0 aliphatic carbocycles. The zero-order valence-corrected chi connectivity index (χ0v) is 10.6. The molecular formula is C13H12N4O2. The Labute approximate surface area is 110 Å². The molecule has 0 fully saturated rings. The molecule has 0 spiro atoms. The molecule has 6 heteroatoms. The normalized spacial score (nSPS) is 9.95. The lowest BCUT2D eigenvalue weighted by molar-refractivity contribution is 0.0942. The molecule has 96 valence electrons. The quantitative estimate of drug-likeness (QED) is 0.901. The highest BCUT2D eigenvalue weighted by molar-refractivity contribution is 5.90. The fourth-order valence-corrected chi connectivity index (χ4v) is 1.64. The maximum Gasteiger partial charge on any atom is 0.292 e. The summed E-state index contributed by atoms with van der Waals surface area (Å²) in [6.45, 7) is 4.15. The smallest absolute Gasteiger partial charge is 0.292 e. The van der Waals surface area contributed by atoms with Crippen LogP contribution in [0, 0.1) is 18.3 Å². The molecule has 0 saturated carbocycles. The number of aryl methyl sites for hydroxylation is 1. The molecule has 6 nitrogen and oxygen atoms in total. The van der Waals surface area contributed by atoms with E-state index in [1.54, 1.807) is 18.2 Å². The number of benzene rings is 1. The predicted molar refractivity (Wildman–Crippen MR) is 67.2 cm³/mol. The Bertz CT molecular complexity index is 655. The van der Waals surface area contributed by atoms with Crippen LogP contribution in [0.15, 0.2) is 22.7 Å². The summed E-state index contributed by atoms with van der Waals surface area (Å²) in [4.78, 5) is 15.6. The van der Waals surface area contributed by atoms with Crippen LogP contribution in [0.4, 0.5) is 0 Å². The van der Waals surface area contributed by atoms with Crippen molar-refractivity contribution in [1.29, 1.82) is 5.26 Å². The predicted octanol–water partition coefficient (Wildman–Crippen LogP) is 1.67. The van der Waals surface area contributed by atoms with Gasteiger partial charge in [0.25, 0.3) is 17.6 Å². The van der Waals surface area contributed by atoms with Crippen molar-refractivity contribution in [2.24, 2.45) is 0 Å². The number of rotatable bonds is 3. The van der Waals surface area contributed by atoms with Crippen molar-refractivity contribution in [2.45, 2.75) is 13.8 Å². The van der Waals surface area contributed by atoms with E-state index in [9.17, 15) is 4.79 Å². The van der Waals surface area contributed by atoms with E-state index in [-0.39, 0.29) is 17.6 Å². The third kappa shape index (κ3) is 2.60. The molecule has 1 aromatic carbocycles. The zero-order valence-electron chi connectivity index (χ0n) is 10.6. The molecule has 1 heterocycles. The Balaban J connectivity index is 2.33. The second-order valence-electron chi connectivity index (χ2n) is 3.92. The molecule has 2 rings (SSSR count). The van der Waals surface area contributed by atoms with Crippen LogP contribution in [0.3, 0.4) is 0 Å². The summed E-state index contributed by atoms with van der Waals surface area (Å²) in [5.74, 6) is -0.104. The first kappa shape index (κ1) is 12.8. The average Bonchev–Trinajstić information content (AvgIpc) is 2.88. The summed E-state index contributed by atoms with van der Waals surface area (Å²) in [5, 5.41) is 15.0. The van der Waals surface area contributed by atoms with Gasteiger partial charge in [0.2, 0.25) is 0 Å². The van der Waals surface area contributed by atoms with Crippen molar-refractivity contribution in [1.82, 2.24) is 15.5 Å². The van der Waals surface area contributed by atoms with E-state index in [1.165, 1.54) is 0 Å². The Morgan fingerprint density at radius 3 is 2.95 bits per heavy atom. The topological polar surface area (TPSA) is 91.8 Å². The summed E-state index contributed by atoms with van der Waals surface area (Å²) < 4.78 is 5.07. The first-order valence-corrected chi connectivity index (χ1v) is 5.78. The summed E-state index contributed by atoms with van der Waals surface area (Å²) in [5.41, 5.74) is 2.11. The lowest BCUT2D eigenvalue weighted by Crippen LogP contribution is -2.23. The van der Waals surface area contributed by atoms with Crippen molar-refractivity contribution in [3.05, 3.63) is 35.2 Å². The molecule has 0 unspecified atom stereocenters. The average molecular weight is 256 g/mol. The van der Waals surface area contributed by atoms with Gasteiger partial charge in [-0.05, 0) is 37.6 Å². The van der Waals surface area contributed by atoms with E-state index in [4.69, 9.17) is 9.78 Å². The van der Waals surface area contributed by atoms with E-state index in [0.717, 1.165) is 5.56 Å². The van der Waals surface area contributed by atoms with Crippen LogP contribution in [-0.2, 0) is 0 Å². The van der Waals surface area contributed by atoms with Gasteiger partial charge in [0.15, 0.2) is 0 Å². The van der Waals surface area contributed by atoms with Gasteiger partial charge < -0.3 is 9.84 Å². The Hall–Kier alpha value is -2.68. The van der Waals surface area contributed by atoms with Gasteiger partial charge in [-0.15, -0.1) is 0 Å². The van der Waals surface area contributed by atoms with Crippen molar-refractivity contribution in [2.75, 3.05) is 6.54 Å². The number of hydrogen-bond donors (Lipinski definition) is 1. The van der Waals surface area contributed by atoms with Crippen LogP contribution in [0.1, 0.15) is 28.7 Å². The second kappa shape index (κ2) is 5.31. The van der Waals surface area contributed by atoms with Crippen molar-refractivity contribution >= 4 is 5.91 Å². The second-order valence-corrected chi connectivity index (χ2v) is 3.92. The van der Waals surface area contributed by atoms with Gasteiger partial charge in [-0.3, -0.25) is 4.79 Å². The maximum absolute atomic E-state index is 11.5. The molecule has 1 N–H and O–H groups in total. The van der Waals surface area contributed by atoms with E-state index in [1.807, 2.05) is 13.8 Å². The lowest BCUT2D eigenvalue weighted by atomic mass is 10.1. The highest BCUT2D eigenvalue weighted by atomic mass is 16.5. The number of aromatic nitrogens is 2. The van der Waals surface area contributed by atoms with Crippen molar-refractivity contribution in [3.63, 3.8) is 0 Å². The van der Waals surface area contributed by atoms with Crippen molar-refractivity contribution < 1.29 is 9.32 Å². The molecule has 1 aromatic heterocycles. The Kier molecular flexibility index (Phi) is 3.57. The molecular weight excluding hydrogens is 244 g/mol. The Morgan fingerprint density at radius 2 is 2.32 bits per heavy atom. The third-order valence-corrected chi connectivity index (χ3v) is 2.55. The highest BCUT2D eigenvalue weighted by Crippen LogP contribution is 2.22. The zero-order chi connectivity index (χ0) is 13.8. The van der Waals surface area contributed by atoms with Gasteiger partial charge >= 0.3 is 0 Å². The fraction of sp³-hybridized carbons (Fsp3) is 0.231. The fourth-order valence-electron chi connectivity index (χ4n) is 1.64. The minimum Gasteiger partial charge on any atom is -0.349 e. The molecule has 0 atom stereocenters. The standard InChI is InChI=1S/C13H12N4O2/c1-3-15-12(18)11-16-13(19-17-11)10-5-4-9(7-14)6-8(10)2/h4-6H,3H2,1-2H3,(H,15,18). The molecule has 2 aromatic rings. The molecule has 0 saturated heterocycles.